The van der Waals surface area contributed by atoms with Crippen LogP contribution in [0.15, 0.2) is 38.7 Å². The fourth-order valence-corrected chi connectivity index (χ4v) is 4.13. The normalized spacial score (nSPS) is 24.0. The van der Waals surface area contributed by atoms with Gasteiger partial charge in [-0.3, -0.25) is 9.59 Å². The molecule has 1 heterocycles. The molecule has 28 heavy (non-hydrogen) atoms. The van der Waals surface area contributed by atoms with Crippen LogP contribution in [-0.4, -0.2) is 24.2 Å². The number of benzene rings is 1. The summed E-state index contributed by atoms with van der Waals surface area (Å²) in [5.41, 5.74) is 5.96. The van der Waals surface area contributed by atoms with Crippen LogP contribution in [0.3, 0.4) is 0 Å². The minimum atomic E-state index is -0.384. The first kappa shape index (κ1) is 20.8. The summed E-state index contributed by atoms with van der Waals surface area (Å²) < 4.78 is 11.0. The van der Waals surface area contributed by atoms with Crippen molar-refractivity contribution in [2.75, 3.05) is 7.11 Å². The summed E-state index contributed by atoms with van der Waals surface area (Å²) in [7, 11) is 1.47. The maximum atomic E-state index is 12.6. The Kier molecular flexibility index (Phi) is 5.79. The summed E-state index contributed by atoms with van der Waals surface area (Å²) in [5, 5.41) is 0.210. The highest BCUT2D eigenvalue weighted by Crippen LogP contribution is 2.60. The quantitative estimate of drug-likeness (QED) is 0.420. The minimum Gasteiger partial charge on any atom is -0.493 e. The molecule has 1 saturated carbocycles. The van der Waals surface area contributed by atoms with Crippen LogP contribution < -0.4 is 15.2 Å². The van der Waals surface area contributed by atoms with Gasteiger partial charge in [0.2, 0.25) is 0 Å². The maximum absolute atomic E-state index is 12.6. The fourth-order valence-electron chi connectivity index (χ4n) is 3.18. The molecule has 2 N–H and O–H groups in total. The van der Waals surface area contributed by atoms with Gasteiger partial charge in [0, 0.05) is 0 Å². The van der Waals surface area contributed by atoms with E-state index in [1.165, 1.54) is 7.11 Å². The lowest BCUT2D eigenvalue weighted by Crippen LogP contribution is -2.14. The van der Waals surface area contributed by atoms with E-state index in [9.17, 15) is 9.59 Å². The number of thioether (sulfide) groups is 1. The van der Waals surface area contributed by atoms with E-state index >= 15 is 0 Å². The molecule has 3 rings (SSSR count). The van der Waals surface area contributed by atoms with E-state index in [4.69, 9.17) is 38.4 Å². The number of carbonyl (C=O) groups is 2. The summed E-state index contributed by atoms with van der Waals surface area (Å²) in [6.45, 7) is 3.90. The number of amidine groups is 1. The number of hydrogen-bond acceptors (Lipinski definition) is 6. The molecule has 2 aliphatic rings. The van der Waals surface area contributed by atoms with Gasteiger partial charge in [-0.2, -0.15) is 4.99 Å². The fraction of sp³-hybridized carbons (Fsp3) is 0.316. The smallest absolute Gasteiger partial charge is 0.315 e. The van der Waals surface area contributed by atoms with Crippen molar-refractivity contribution in [3.05, 3.63) is 39.2 Å². The first-order valence-electron chi connectivity index (χ1n) is 8.34. The van der Waals surface area contributed by atoms with Crippen LogP contribution in [0, 0.1) is 17.3 Å². The maximum Gasteiger partial charge on any atom is 0.315 e. The lowest BCUT2D eigenvalue weighted by Gasteiger charge is -2.10. The van der Waals surface area contributed by atoms with Gasteiger partial charge in [-0.05, 0) is 52.9 Å². The number of nitrogens with zero attached hydrogens (tertiary/aromatic N) is 1. The monoisotopic (exact) mass is 440 g/mol. The average Bonchev–Trinajstić information content (AvgIpc) is 2.97. The Bertz CT molecular complexity index is 936. The van der Waals surface area contributed by atoms with Crippen LogP contribution in [0.25, 0.3) is 6.08 Å². The lowest BCUT2D eigenvalue weighted by atomic mass is 10.1. The number of ether oxygens (including phenoxy) is 2. The van der Waals surface area contributed by atoms with Crippen LogP contribution >= 0.6 is 35.0 Å². The summed E-state index contributed by atoms with van der Waals surface area (Å²) in [4.78, 5) is 28.4. The third kappa shape index (κ3) is 4.21. The highest BCUT2D eigenvalue weighted by molar-refractivity contribution is 8.18. The number of esters is 1. The molecular weight excluding hydrogens is 423 g/mol. The Labute approximate surface area is 176 Å². The highest BCUT2D eigenvalue weighted by Gasteiger charge is 2.61. The number of aliphatic imine (C=N–C) groups is 1. The van der Waals surface area contributed by atoms with Gasteiger partial charge in [-0.15, -0.1) is 0 Å². The molecule has 1 aromatic carbocycles. The molecule has 0 bridgehead atoms. The summed E-state index contributed by atoms with van der Waals surface area (Å²) in [6.07, 6.45) is 3.31. The number of amides is 1. The summed E-state index contributed by atoms with van der Waals surface area (Å²) in [5.74, 6) is -0.543. The second-order valence-corrected chi connectivity index (χ2v) is 9.05. The zero-order chi connectivity index (χ0) is 20.6. The second kappa shape index (κ2) is 7.81. The number of methoxy groups -OCH3 is 1. The largest absolute Gasteiger partial charge is 0.493 e. The molecule has 0 saturated heterocycles. The number of hydrogen-bond donors (Lipinski definition) is 1. The van der Waals surface area contributed by atoms with Gasteiger partial charge < -0.3 is 15.2 Å². The average molecular weight is 441 g/mol. The predicted octanol–water partition coefficient (Wildman–Crippen LogP) is 4.12. The molecule has 0 spiro atoms. The Hall–Kier alpha value is -1.96. The van der Waals surface area contributed by atoms with Crippen molar-refractivity contribution in [1.82, 2.24) is 0 Å². The van der Waals surface area contributed by atoms with Gasteiger partial charge in [0.15, 0.2) is 16.7 Å². The van der Waals surface area contributed by atoms with Crippen molar-refractivity contribution in [3.8, 4) is 11.5 Å². The Balaban J connectivity index is 1.77. The SMILES string of the molecule is COc1cc(/C=C2\SC(N)=NC2=O)ccc1OC(=O)[C@@H]1[C@H](C=C(Cl)Cl)C1(C)C. The van der Waals surface area contributed by atoms with Crippen molar-refractivity contribution in [2.45, 2.75) is 13.8 Å². The molecule has 1 aliphatic carbocycles. The van der Waals surface area contributed by atoms with Gasteiger partial charge in [-0.25, -0.2) is 0 Å². The van der Waals surface area contributed by atoms with Crippen LogP contribution in [0.5, 0.6) is 11.5 Å². The molecule has 0 aromatic heterocycles. The van der Waals surface area contributed by atoms with Gasteiger partial charge in [0.25, 0.3) is 5.91 Å². The topological polar surface area (TPSA) is 91.0 Å². The standard InChI is InChI=1S/C19H18Cl2N2O4S/c1-19(2)10(8-14(20)21)15(19)17(25)27-11-5-4-9(6-12(11)26-3)7-13-16(24)23-18(22)28-13/h4-8,10,15H,1-3H3,(H2,22,23,24)/b13-7-/t10-,15-/m0/s1. The van der Waals surface area contributed by atoms with E-state index in [0.717, 1.165) is 11.8 Å². The van der Waals surface area contributed by atoms with Gasteiger partial charge in [0.1, 0.15) is 4.49 Å². The number of nitrogens with two attached hydrogens (primary N) is 1. The predicted molar refractivity (Wildman–Crippen MR) is 111 cm³/mol. The van der Waals surface area contributed by atoms with Gasteiger partial charge in [0.05, 0.1) is 17.9 Å². The molecule has 1 amide bonds. The molecule has 1 fully saturated rings. The zero-order valence-corrected chi connectivity index (χ0v) is 17.7. The van der Waals surface area contributed by atoms with Crippen LogP contribution in [-0.2, 0) is 9.59 Å². The van der Waals surface area contributed by atoms with Crippen molar-refractivity contribution in [3.63, 3.8) is 0 Å². The molecule has 0 unspecified atom stereocenters. The van der Waals surface area contributed by atoms with Gasteiger partial charge in [-0.1, -0.05) is 43.1 Å². The van der Waals surface area contributed by atoms with E-state index in [-0.39, 0.29) is 38.8 Å². The second-order valence-electron chi connectivity index (χ2n) is 6.98. The Morgan fingerprint density at radius 1 is 1.32 bits per heavy atom. The third-order valence-electron chi connectivity index (χ3n) is 4.80. The molecule has 6 nitrogen and oxygen atoms in total. The van der Waals surface area contributed by atoms with Crippen molar-refractivity contribution in [2.24, 2.45) is 28.0 Å². The molecule has 148 valence electrons. The number of allylic oxidation sites excluding steroid dienone is 1. The molecule has 2 atom stereocenters. The van der Waals surface area contributed by atoms with Crippen molar-refractivity contribution in [1.29, 1.82) is 0 Å². The van der Waals surface area contributed by atoms with E-state index in [1.54, 1.807) is 30.4 Å². The van der Waals surface area contributed by atoms with Crippen LogP contribution in [0.2, 0.25) is 0 Å². The molecule has 1 aliphatic heterocycles. The third-order valence-corrected chi connectivity index (χ3v) is 5.87. The van der Waals surface area contributed by atoms with Crippen molar-refractivity contribution >= 4 is 58.1 Å². The summed E-state index contributed by atoms with van der Waals surface area (Å²) >= 11 is 12.6. The zero-order valence-electron chi connectivity index (χ0n) is 15.4. The highest BCUT2D eigenvalue weighted by atomic mass is 35.5. The molecule has 9 heteroatoms. The Morgan fingerprint density at radius 2 is 2.04 bits per heavy atom. The van der Waals surface area contributed by atoms with E-state index < -0.39 is 0 Å². The number of carbonyl (C=O) groups excluding carboxylic acids is 2. The van der Waals surface area contributed by atoms with Crippen molar-refractivity contribution < 1.29 is 19.1 Å². The van der Waals surface area contributed by atoms with E-state index in [2.05, 4.69) is 4.99 Å². The molecular formula is C19H18Cl2N2O4S. The first-order valence-corrected chi connectivity index (χ1v) is 9.91. The molecule has 0 radical (unpaired) electrons. The van der Waals surface area contributed by atoms with E-state index in [1.807, 2.05) is 13.8 Å². The van der Waals surface area contributed by atoms with Crippen LogP contribution in [0.4, 0.5) is 0 Å². The lowest BCUT2D eigenvalue weighted by molar-refractivity contribution is -0.136. The molecule has 1 aromatic rings. The van der Waals surface area contributed by atoms with E-state index in [0.29, 0.717) is 22.0 Å². The Morgan fingerprint density at radius 3 is 2.61 bits per heavy atom. The van der Waals surface area contributed by atoms with Crippen LogP contribution in [0.1, 0.15) is 19.4 Å². The van der Waals surface area contributed by atoms with Gasteiger partial charge >= 0.3 is 5.97 Å². The minimum absolute atomic E-state index is 0.0872. The summed E-state index contributed by atoms with van der Waals surface area (Å²) in [6, 6.07) is 5.00. The number of rotatable bonds is 5. The first-order chi connectivity index (χ1) is 13.1. The number of halogens is 2.